The van der Waals surface area contributed by atoms with Gasteiger partial charge in [-0.3, -0.25) is 0 Å². The van der Waals surface area contributed by atoms with Gasteiger partial charge in [0.1, 0.15) is 6.61 Å². The number of aliphatic hydroxyl groups excluding tert-OH is 1. The fourth-order valence-corrected chi connectivity index (χ4v) is 3.97. The first-order chi connectivity index (χ1) is 13.5. The Bertz CT molecular complexity index is 810. The number of hydrogen-bond acceptors (Lipinski definition) is 4. The lowest BCUT2D eigenvalue weighted by Gasteiger charge is -2.30. The highest BCUT2D eigenvalue weighted by atomic mass is 16.5. The summed E-state index contributed by atoms with van der Waals surface area (Å²) in [7, 11) is 1.60. The van der Waals surface area contributed by atoms with Gasteiger partial charge in [-0.15, -0.1) is 0 Å². The first-order valence-corrected chi connectivity index (χ1v) is 9.40. The van der Waals surface area contributed by atoms with Crippen LogP contribution < -0.4 is 9.47 Å². The number of hydrogen-bond donors (Lipinski definition) is 2. The summed E-state index contributed by atoms with van der Waals surface area (Å²) in [5.74, 6) is 1.24. The van der Waals surface area contributed by atoms with E-state index in [1.807, 2.05) is 55.5 Å². The molecular weight excluding hydrogens is 358 g/mol. The smallest absolute Gasteiger partial charge is 0.407 e. The second kappa shape index (κ2) is 8.52. The summed E-state index contributed by atoms with van der Waals surface area (Å²) < 4.78 is 11.5. The zero-order valence-electron chi connectivity index (χ0n) is 16.3. The average Bonchev–Trinajstić information content (AvgIpc) is 3.05. The van der Waals surface area contributed by atoms with E-state index in [9.17, 15) is 15.0 Å². The molecule has 2 aromatic rings. The molecule has 150 valence electrons. The largest absolute Gasteiger partial charge is 0.493 e. The van der Waals surface area contributed by atoms with Crippen molar-refractivity contribution in [1.29, 1.82) is 0 Å². The summed E-state index contributed by atoms with van der Waals surface area (Å²) in [6, 6.07) is 15.6. The van der Waals surface area contributed by atoms with Crippen LogP contribution in [0.15, 0.2) is 48.5 Å². The minimum absolute atomic E-state index is 0.0218. The molecule has 3 rings (SSSR count). The van der Waals surface area contributed by atoms with Gasteiger partial charge in [0.25, 0.3) is 0 Å². The maximum absolute atomic E-state index is 11.5. The van der Waals surface area contributed by atoms with Crippen LogP contribution >= 0.6 is 0 Å². The number of aliphatic hydroxyl groups is 1. The van der Waals surface area contributed by atoms with E-state index in [2.05, 4.69) is 0 Å². The first-order valence-electron chi connectivity index (χ1n) is 9.40. The second-order valence-electron chi connectivity index (χ2n) is 7.53. The van der Waals surface area contributed by atoms with Gasteiger partial charge in [0.2, 0.25) is 0 Å². The predicted molar refractivity (Wildman–Crippen MR) is 106 cm³/mol. The normalized spacial score (nSPS) is 21.5. The highest BCUT2D eigenvalue weighted by molar-refractivity contribution is 5.66. The van der Waals surface area contributed by atoms with Gasteiger partial charge < -0.3 is 24.6 Å². The third-order valence-electron chi connectivity index (χ3n) is 5.58. The zero-order chi connectivity index (χ0) is 20.1. The maximum atomic E-state index is 11.5. The molecule has 0 radical (unpaired) electrons. The number of nitrogens with zero attached hydrogens (tertiary/aromatic N) is 1. The van der Waals surface area contributed by atoms with Gasteiger partial charge in [-0.05, 0) is 35.1 Å². The first kappa shape index (κ1) is 20.0. The molecule has 2 aromatic carbocycles. The number of benzene rings is 2. The van der Waals surface area contributed by atoms with Gasteiger partial charge >= 0.3 is 6.09 Å². The van der Waals surface area contributed by atoms with Crippen LogP contribution in [0.1, 0.15) is 30.4 Å². The van der Waals surface area contributed by atoms with Crippen LogP contribution in [0.25, 0.3) is 0 Å². The molecule has 2 atom stereocenters. The molecule has 1 aliphatic rings. The Kier molecular flexibility index (Phi) is 6.09. The third-order valence-corrected chi connectivity index (χ3v) is 5.58. The molecule has 6 nitrogen and oxygen atoms in total. The van der Waals surface area contributed by atoms with E-state index in [1.165, 1.54) is 4.90 Å². The number of carbonyl (C=O) groups is 1. The Hall–Kier alpha value is -2.73. The number of amides is 1. The van der Waals surface area contributed by atoms with Crippen molar-refractivity contribution in [3.63, 3.8) is 0 Å². The lowest BCUT2D eigenvalue weighted by molar-refractivity contribution is 0.143. The molecule has 1 fully saturated rings. The van der Waals surface area contributed by atoms with Gasteiger partial charge in [-0.25, -0.2) is 4.79 Å². The van der Waals surface area contributed by atoms with Gasteiger partial charge in [0.15, 0.2) is 11.5 Å². The summed E-state index contributed by atoms with van der Waals surface area (Å²) in [6.07, 6.45) is -0.394. The summed E-state index contributed by atoms with van der Waals surface area (Å²) in [5.41, 5.74) is 1.71. The third kappa shape index (κ3) is 4.22. The van der Waals surface area contributed by atoms with Crippen molar-refractivity contribution in [2.75, 3.05) is 26.8 Å². The number of carboxylic acid groups (broad SMARTS) is 1. The maximum Gasteiger partial charge on any atom is 0.407 e. The van der Waals surface area contributed by atoms with Crippen molar-refractivity contribution in [2.45, 2.75) is 25.9 Å². The fourth-order valence-electron chi connectivity index (χ4n) is 3.97. The van der Waals surface area contributed by atoms with E-state index < -0.39 is 6.09 Å². The minimum atomic E-state index is -0.930. The Morgan fingerprint density at radius 1 is 1.21 bits per heavy atom. The van der Waals surface area contributed by atoms with Crippen molar-refractivity contribution in [2.24, 2.45) is 5.41 Å². The molecule has 0 unspecified atom stereocenters. The zero-order valence-corrected chi connectivity index (χ0v) is 16.3. The van der Waals surface area contributed by atoms with E-state index in [-0.39, 0.29) is 17.9 Å². The van der Waals surface area contributed by atoms with Crippen molar-refractivity contribution in [3.05, 3.63) is 59.7 Å². The van der Waals surface area contributed by atoms with Crippen LogP contribution in [0, 0.1) is 5.41 Å². The quantitative estimate of drug-likeness (QED) is 0.759. The molecule has 2 N–H and O–H groups in total. The van der Waals surface area contributed by atoms with Crippen LogP contribution in [0.2, 0.25) is 0 Å². The molecule has 1 aliphatic heterocycles. The van der Waals surface area contributed by atoms with E-state index in [4.69, 9.17) is 9.47 Å². The number of methoxy groups -OCH3 is 1. The van der Waals surface area contributed by atoms with E-state index in [0.717, 1.165) is 11.1 Å². The topological polar surface area (TPSA) is 79.2 Å². The van der Waals surface area contributed by atoms with Crippen LogP contribution in [-0.4, -0.2) is 48.0 Å². The Labute approximate surface area is 165 Å². The molecular formula is C22H27NO5. The molecule has 0 aliphatic carbocycles. The Balaban J connectivity index is 1.87. The highest BCUT2D eigenvalue weighted by Crippen LogP contribution is 2.46. The molecule has 28 heavy (non-hydrogen) atoms. The van der Waals surface area contributed by atoms with Crippen LogP contribution in [-0.2, 0) is 6.61 Å². The minimum Gasteiger partial charge on any atom is -0.493 e. The molecule has 1 amide bonds. The molecule has 6 heteroatoms. The number of likely N-dealkylation sites (tertiary alicyclic amines) is 1. The fraction of sp³-hybridized carbons (Fsp3) is 0.409. The molecule has 0 saturated carbocycles. The number of rotatable bonds is 7. The second-order valence-corrected chi connectivity index (χ2v) is 7.53. The van der Waals surface area contributed by atoms with Crippen molar-refractivity contribution >= 4 is 6.09 Å². The Morgan fingerprint density at radius 3 is 2.61 bits per heavy atom. The lowest BCUT2D eigenvalue weighted by atomic mass is 9.74. The highest BCUT2D eigenvalue weighted by Gasteiger charge is 2.45. The monoisotopic (exact) mass is 385 g/mol. The van der Waals surface area contributed by atoms with Gasteiger partial charge in [-0.2, -0.15) is 0 Å². The van der Waals surface area contributed by atoms with Gasteiger partial charge in [-0.1, -0.05) is 43.3 Å². The molecule has 0 spiro atoms. The van der Waals surface area contributed by atoms with Crippen molar-refractivity contribution < 1.29 is 24.5 Å². The van der Waals surface area contributed by atoms with Crippen molar-refractivity contribution in [1.82, 2.24) is 4.90 Å². The van der Waals surface area contributed by atoms with E-state index in [0.29, 0.717) is 37.6 Å². The SMILES string of the molecule is COc1ccc([C@@H]2CN(C(=O)O)C[C@@]2(C)CCO)cc1OCc1ccccc1. The van der Waals surface area contributed by atoms with Crippen LogP contribution in [0.4, 0.5) is 4.79 Å². The summed E-state index contributed by atoms with van der Waals surface area (Å²) in [5, 5.41) is 19.0. The standard InChI is InChI=1S/C22H27NO5/c1-22(10-11-24)15-23(21(25)26)13-18(22)17-8-9-19(27-2)20(12-17)28-14-16-6-4-3-5-7-16/h3-9,12,18,24H,10-11,13-15H2,1-2H3,(H,25,26)/t18-,22+/m0/s1. The van der Waals surface area contributed by atoms with Crippen LogP contribution in [0.5, 0.6) is 11.5 Å². The molecule has 1 saturated heterocycles. The summed E-state index contributed by atoms with van der Waals surface area (Å²) in [6.45, 7) is 3.27. The summed E-state index contributed by atoms with van der Waals surface area (Å²) in [4.78, 5) is 12.9. The van der Waals surface area contributed by atoms with Crippen LogP contribution in [0.3, 0.4) is 0 Å². The molecule has 0 aromatic heterocycles. The molecule has 1 heterocycles. The lowest BCUT2D eigenvalue weighted by Crippen LogP contribution is -2.30. The van der Waals surface area contributed by atoms with Crippen molar-refractivity contribution in [3.8, 4) is 11.5 Å². The van der Waals surface area contributed by atoms with E-state index in [1.54, 1.807) is 7.11 Å². The number of ether oxygens (including phenoxy) is 2. The Morgan fingerprint density at radius 2 is 1.96 bits per heavy atom. The van der Waals surface area contributed by atoms with Gasteiger partial charge in [0.05, 0.1) is 7.11 Å². The van der Waals surface area contributed by atoms with Gasteiger partial charge in [0, 0.05) is 25.6 Å². The van der Waals surface area contributed by atoms with E-state index >= 15 is 0 Å². The predicted octanol–water partition coefficient (Wildman–Crippen LogP) is 3.74. The average molecular weight is 385 g/mol. The molecule has 0 bridgehead atoms. The summed E-state index contributed by atoms with van der Waals surface area (Å²) >= 11 is 0.